The molecule has 148 valence electrons. The van der Waals surface area contributed by atoms with E-state index in [1.807, 2.05) is 36.4 Å². The Morgan fingerprint density at radius 3 is 2.71 bits per heavy atom. The first-order valence-electron chi connectivity index (χ1n) is 9.62. The minimum atomic E-state index is -0.0657. The smallest absolute Gasteiger partial charge is 0.245 e. The van der Waals surface area contributed by atoms with Crippen molar-refractivity contribution in [1.29, 1.82) is 0 Å². The summed E-state index contributed by atoms with van der Waals surface area (Å²) in [7, 11) is 1.52. The number of methoxy groups -OCH3 is 1. The van der Waals surface area contributed by atoms with Crippen molar-refractivity contribution in [3.8, 4) is 0 Å². The number of halogens is 1. The highest BCUT2D eigenvalue weighted by atomic mass is 35.5. The van der Waals surface area contributed by atoms with Gasteiger partial charge in [-0.1, -0.05) is 48.4 Å². The zero-order valence-corrected chi connectivity index (χ0v) is 16.9. The molecule has 0 aliphatic heterocycles. The van der Waals surface area contributed by atoms with Crippen LogP contribution >= 0.6 is 11.6 Å². The molecular weight excluding hydrogens is 374 g/mol. The number of carbonyl (C=O) groups excluding carboxylic acids is 1. The first-order chi connectivity index (χ1) is 13.7. The van der Waals surface area contributed by atoms with Crippen LogP contribution in [0, 0.1) is 0 Å². The monoisotopic (exact) mass is 399 g/mol. The van der Waals surface area contributed by atoms with Crippen molar-refractivity contribution in [3.63, 3.8) is 0 Å². The molecule has 0 fully saturated rings. The predicted octanol–water partition coefficient (Wildman–Crippen LogP) is 4.21. The van der Waals surface area contributed by atoms with Crippen LogP contribution in [0.1, 0.15) is 30.7 Å². The molecule has 28 heavy (non-hydrogen) atoms. The van der Waals surface area contributed by atoms with Crippen LogP contribution in [0.15, 0.2) is 48.5 Å². The molecule has 0 bridgehead atoms. The third kappa shape index (κ3) is 5.33. The molecule has 1 N–H and O–H groups in total. The summed E-state index contributed by atoms with van der Waals surface area (Å²) in [6.45, 7) is 1.51. The molecule has 0 unspecified atom stereocenters. The zero-order valence-electron chi connectivity index (χ0n) is 16.2. The lowest BCUT2D eigenvalue weighted by Gasteiger charge is -2.11. The van der Waals surface area contributed by atoms with E-state index in [0.717, 1.165) is 53.1 Å². The molecule has 0 aliphatic rings. The molecule has 2 aromatic carbocycles. The topological polar surface area (TPSA) is 56.1 Å². The van der Waals surface area contributed by atoms with Crippen molar-refractivity contribution in [3.05, 3.63) is 64.9 Å². The Morgan fingerprint density at radius 2 is 1.89 bits per heavy atom. The zero-order chi connectivity index (χ0) is 19.8. The number of carbonyl (C=O) groups is 1. The van der Waals surface area contributed by atoms with Crippen molar-refractivity contribution in [2.45, 2.75) is 32.2 Å². The molecule has 0 aliphatic carbocycles. The Bertz CT molecular complexity index is 923. The summed E-state index contributed by atoms with van der Waals surface area (Å²) >= 11 is 6.38. The number of unbranched alkanes of at least 4 members (excludes halogenated alkanes) is 2. The van der Waals surface area contributed by atoms with Crippen LogP contribution < -0.4 is 5.32 Å². The Morgan fingerprint density at radius 1 is 1.11 bits per heavy atom. The summed E-state index contributed by atoms with van der Waals surface area (Å²) in [5.74, 6) is 1.01. The van der Waals surface area contributed by atoms with E-state index in [-0.39, 0.29) is 12.5 Å². The van der Waals surface area contributed by atoms with Crippen molar-refractivity contribution < 1.29 is 9.53 Å². The number of para-hydroxylation sites is 2. The fraction of sp³-hybridized carbons (Fsp3) is 0.364. The minimum absolute atomic E-state index is 0.0657. The van der Waals surface area contributed by atoms with Crippen LogP contribution in [0.25, 0.3) is 11.0 Å². The van der Waals surface area contributed by atoms with Gasteiger partial charge in [-0.3, -0.25) is 4.79 Å². The van der Waals surface area contributed by atoms with Gasteiger partial charge in [0.1, 0.15) is 12.4 Å². The number of aromatic nitrogens is 2. The van der Waals surface area contributed by atoms with E-state index in [1.165, 1.54) is 7.11 Å². The number of rotatable bonds is 10. The lowest BCUT2D eigenvalue weighted by atomic mass is 10.1. The van der Waals surface area contributed by atoms with Gasteiger partial charge in [-0.15, -0.1) is 0 Å². The van der Waals surface area contributed by atoms with E-state index in [9.17, 15) is 4.79 Å². The Kier molecular flexibility index (Phi) is 7.46. The Balaban J connectivity index is 1.63. The van der Waals surface area contributed by atoms with E-state index >= 15 is 0 Å². The van der Waals surface area contributed by atoms with Gasteiger partial charge in [0.15, 0.2) is 0 Å². The number of hydrogen-bond donors (Lipinski definition) is 1. The fourth-order valence-corrected chi connectivity index (χ4v) is 3.48. The molecule has 1 amide bonds. The summed E-state index contributed by atoms with van der Waals surface area (Å²) in [5, 5.41) is 3.63. The van der Waals surface area contributed by atoms with Gasteiger partial charge in [0.2, 0.25) is 5.91 Å². The van der Waals surface area contributed by atoms with Gasteiger partial charge in [-0.25, -0.2) is 4.98 Å². The van der Waals surface area contributed by atoms with Crippen LogP contribution in [0.3, 0.4) is 0 Å². The predicted molar refractivity (Wildman–Crippen MR) is 113 cm³/mol. The number of fused-ring (bicyclic) bond motifs is 1. The molecule has 0 saturated heterocycles. The lowest BCUT2D eigenvalue weighted by molar-refractivity contribution is -0.124. The van der Waals surface area contributed by atoms with Crippen LogP contribution in [0.4, 0.5) is 0 Å². The molecule has 3 aromatic rings. The second kappa shape index (κ2) is 10.2. The molecular formula is C22H26ClN3O2. The van der Waals surface area contributed by atoms with Gasteiger partial charge in [-0.05, 0) is 36.6 Å². The highest BCUT2D eigenvalue weighted by Crippen LogP contribution is 2.22. The van der Waals surface area contributed by atoms with E-state index in [2.05, 4.69) is 22.0 Å². The molecule has 5 nitrogen and oxygen atoms in total. The van der Waals surface area contributed by atoms with Crippen LogP contribution in [0.2, 0.25) is 5.02 Å². The van der Waals surface area contributed by atoms with Gasteiger partial charge in [0.25, 0.3) is 0 Å². The number of aryl methyl sites for hydroxylation is 1. The third-order valence-electron chi connectivity index (χ3n) is 4.69. The normalized spacial score (nSPS) is 11.1. The molecule has 1 aromatic heterocycles. The molecule has 1 heterocycles. The molecule has 0 spiro atoms. The molecule has 3 rings (SSSR count). The molecule has 0 atom stereocenters. The van der Waals surface area contributed by atoms with Crippen LogP contribution in [-0.2, 0) is 22.5 Å². The van der Waals surface area contributed by atoms with Crippen molar-refractivity contribution in [2.24, 2.45) is 0 Å². The first-order valence-corrected chi connectivity index (χ1v) is 10.00. The maximum atomic E-state index is 11.4. The summed E-state index contributed by atoms with van der Waals surface area (Å²) < 4.78 is 7.07. The number of hydrogen-bond acceptors (Lipinski definition) is 3. The number of ether oxygens (including phenoxy) is 1. The van der Waals surface area contributed by atoms with Gasteiger partial charge in [0, 0.05) is 25.1 Å². The summed E-state index contributed by atoms with van der Waals surface area (Å²) in [6, 6.07) is 16.2. The van der Waals surface area contributed by atoms with Gasteiger partial charge < -0.3 is 14.6 Å². The van der Waals surface area contributed by atoms with E-state index < -0.39 is 0 Å². The minimum Gasteiger partial charge on any atom is -0.375 e. The van der Waals surface area contributed by atoms with E-state index in [0.29, 0.717) is 13.1 Å². The fourth-order valence-electron chi connectivity index (χ4n) is 3.28. The quantitative estimate of drug-likeness (QED) is 0.519. The van der Waals surface area contributed by atoms with E-state index in [4.69, 9.17) is 21.3 Å². The Hall–Kier alpha value is -2.37. The third-order valence-corrected chi connectivity index (χ3v) is 5.06. The average Bonchev–Trinajstić information content (AvgIpc) is 3.04. The maximum absolute atomic E-state index is 11.4. The Labute approximate surface area is 170 Å². The van der Waals surface area contributed by atoms with Crippen molar-refractivity contribution in [2.75, 3.05) is 20.3 Å². The maximum Gasteiger partial charge on any atom is 0.245 e. The van der Waals surface area contributed by atoms with Crippen molar-refractivity contribution in [1.82, 2.24) is 14.9 Å². The van der Waals surface area contributed by atoms with Crippen LogP contribution in [-0.4, -0.2) is 35.7 Å². The second-order valence-corrected chi connectivity index (χ2v) is 7.20. The number of imidazole rings is 1. The van der Waals surface area contributed by atoms with Crippen molar-refractivity contribution >= 4 is 28.5 Å². The summed E-state index contributed by atoms with van der Waals surface area (Å²) in [5.41, 5.74) is 3.23. The number of nitrogens with zero attached hydrogens (tertiary/aromatic N) is 2. The second-order valence-electron chi connectivity index (χ2n) is 6.79. The highest BCUT2D eigenvalue weighted by molar-refractivity contribution is 6.31. The average molecular weight is 400 g/mol. The first kappa shape index (κ1) is 20.4. The van der Waals surface area contributed by atoms with Gasteiger partial charge >= 0.3 is 0 Å². The standard InChI is InChI=1S/C22H26ClN3O2/c1-28-16-22(27)24-14-8-2-3-13-21-25-19-11-6-7-12-20(19)26(21)15-17-9-4-5-10-18(17)23/h4-7,9-12H,2-3,8,13-16H2,1H3,(H,24,27). The molecule has 0 saturated carbocycles. The number of nitrogens with one attached hydrogen (secondary N) is 1. The molecule has 0 radical (unpaired) electrons. The van der Waals surface area contributed by atoms with Gasteiger partial charge in [0.05, 0.1) is 17.6 Å². The van der Waals surface area contributed by atoms with E-state index in [1.54, 1.807) is 0 Å². The van der Waals surface area contributed by atoms with Gasteiger partial charge in [-0.2, -0.15) is 0 Å². The SMILES string of the molecule is COCC(=O)NCCCCCc1nc2ccccc2n1Cc1ccccc1Cl. The number of amides is 1. The largest absolute Gasteiger partial charge is 0.375 e. The summed E-state index contributed by atoms with van der Waals surface area (Å²) in [4.78, 5) is 16.2. The highest BCUT2D eigenvalue weighted by Gasteiger charge is 2.12. The lowest BCUT2D eigenvalue weighted by Crippen LogP contribution is -2.27. The molecule has 6 heteroatoms. The number of benzene rings is 2. The van der Waals surface area contributed by atoms with Crippen LogP contribution in [0.5, 0.6) is 0 Å². The summed E-state index contributed by atoms with van der Waals surface area (Å²) in [6.07, 6.45) is 3.89.